The molecule has 3 aliphatic heterocycles. The zero-order valence-electron chi connectivity index (χ0n) is 16.4. The molecule has 26 heavy (non-hydrogen) atoms. The van der Waals surface area contributed by atoms with E-state index in [1.807, 2.05) is 0 Å². The van der Waals surface area contributed by atoms with E-state index in [9.17, 15) is 9.59 Å². The van der Waals surface area contributed by atoms with Crippen LogP contribution < -0.4 is 0 Å². The monoisotopic (exact) mass is 364 g/mol. The molecule has 0 amide bonds. The normalized spacial score (nSPS) is 51.0. The second kappa shape index (κ2) is 6.59. The summed E-state index contributed by atoms with van der Waals surface area (Å²) in [5.41, 5.74) is -0.355. The van der Waals surface area contributed by atoms with Crippen LogP contribution in [0.1, 0.15) is 59.8 Å². The molecular formula is C21H32O5. The number of carbonyl (C=O) groups excluding carboxylic acids is 2. The molecule has 146 valence electrons. The highest BCUT2D eigenvalue weighted by Gasteiger charge is 2.63. The first-order valence-corrected chi connectivity index (χ1v) is 10.3. The van der Waals surface area contributed by atoms with Crippen LogP contribution >= 0.6 is 0 Å². The molecule has 0 radical (unpaired) electrons. The van der Waals surface area contributed by atoms with Gasteiger partial charge in [0.15, 0.2) is 0 Å². The molecule has 2 bridgehead atoms. The number of esters is 1. The summed E-state index contributed by atoms with van der Waals surface area (Å²) in [4.78, 5) is 24.3. The van der Waals surface area contributed by atoms with Crippen LogP contribution in [-0.2, 0) is 23.8 Å². The van der Waals surface area contributed by atoms with Gasteiger partial charge in [-0.25, -0.2) is 0 Å². The van der Waals surface area contributed by atoms with Crippen LogP contribution in [0.15, 0.2) is 0 Å². The number of fused-ring (bicyclic) bond motifs is 2. The molecule has 4 aliphatic rings. The third-order valence-corrected chi connectivity index (χ3v) is 7.49. The highest BCUT2D eigenvalue weighted by molar-refractivity contribution is 5.79. The second-order valence-corrected chi connectivity index (χ2v) is 9.40. The van der Waals surface area contributed by atoms with Crippen molar-refractivity contribution in [3.63, 3.8) is 0 Å². The number of carbonyl (C=O) groups is 2. The van der Waals surface area contributed by atoms with Crippen molar-refractivity contribution in [3.8, 4) is 0 Å². The maximum atomic E-state index is 12.5. The SMILES string of the molecule is CC(=O)OC1C(C)CC2C(C)COC3(C)CCCC(=O)CC4OC3C2C41. The van der Waals surface area contributed by atoms with E-state index in [1.54, 1.807) is 0 Å². The molecule has 0 aromatic heterocycles. The van der Waals surface area contributed by atoms with Gasteiger partial charge in [0.05, 0.1) is 24.4 Å². The fourth-order valence-corrected chi connectivity index (χ4v) is 6.30. The Labute approximate surface area is 156 Å². The molecule has 4 fully saturated rings. The van der Waals surface area contributed by atoms with Crippen LogP contribution in [0.5, 0.6) is 0 Å². The maximum absolute atomic E-state index is 12.5. The Morgan fingerprint density at radius 2 is 2.00 bits per heavy atom. The number of ether oxygens (including phenoxy) is 3. The molecule has 1 aliphatic carbocycles. The van der Waals surface area contributed by atoms with Crippen molar-refractivity contribution in [2.24, 2.45) is 29.6 Å². The summed E-state index contributed by atoms with van der Waals surface area (Å²) < 4.78 is 18.9. The Kier molecular flexibility index (Phi) is 4.67. The lowest BCUT2D eigenvalue weighted by Crippen LogP contribution is -2.52. The Bertz CT molecular complexity index is 589. The van der Waals surface area contributed by atoms with Gasteiger partial charge in [0.2, 0.25) is 0 Å². The van der Waals surface area contributed by atoms with Crippen molar-refractivity contribution in [1.29, 1.82) is 0 Å². The predicted molar refractivity (Wildman–Crippen MR) is 95.5 cm³/mol. The molecular weight excluding hydrogens is 332 g/mol. The minimum absolute atomic E-state index is 0.0103. The van der Waals surface area contributed by atoms with Crippen LogP contribution in [0.3, 0.4) is 0 Å². The molecule has 9 unspecified atom stereocenters. The zero-order chi connectivity index (χ0) is 18.6. The van der Waals surface area contributed by atoms with Gasteiger partial charge in [-0.05, 0) is 49.9 Å². The lowest BCUT2D eigenvalue weighted by atomic mass is 9.59. The number of Topliss-reactive ketones (excluding diaryl/α,β-unsaturated/α-hetero) is 1. The number of hydrogen-bond acceptors (Lipinski definition) is 5. The van der Waals surface area contributed by atoms with E-state index >= 15 is 0 Å². The summed E-state index contributed by atoms with van der Waals surface area (Å²) in [6.45, 7) is 8.86. The molecule has 4 rings (SSSR count). The van der Waals surface area contributed by atoms with Crippen molar-refractivity contribution in [2.45, 2.75) is 83.7 Å². The van der Waals surface area contributed by atoms with Crippen molar-refractivity contribution in [3.05, 3.63) is 0 Å². The second-order valence-electron chi connectivity index (χ2n) is 9.40. The van der Waals surface area contributed by atoms with Gasteiger partial charge in [-0.3, -0.25) is 9.59 Å². The summed E-state index contributed by atoms with van der Waals surface area (Å²) >= 11 is 0. The first-order chi connectivity index (χ1) is 12.3. The fourth-order valence-electron chi connectivity index (χ4n) is 6.30. The average molecular weight is 364 g/mol. The van der Waals surface area contributed by atoms with Crippen LogP contribution in [0.2, 0.25) is 0 Å². The Balaban J connectivity index is 1.78. The third-order valence-electron chi connectivity index (χ3n) is 7.49. The Morgan fingerprint density at radius 1 is 1.23 bits per heavy atom. The van der Waals surface area contributed by atoms with E-state index in [0.29, 0.717) is 30.6 Å². The molecule has 5 nitrogen and oxygen atoms in total. The fraction of sp³-hybridized carbons (Fsp3) is 0.905. The van der Waals surface area contributed by atoms with E-state index < -0.39 is 0 Å². The highest BCUT2D eigenvalue weighted by Crippen LogP contribution is 2.57. The molecule has 1 saturated carbocycles. The smallest absolute Gasteiger partial charge is 0.302 e. The summed E-state index contributed by atoms with van der Waals surface area (Å²) in [7, 11) is 0. The van der Waals surface area contributed by atoms with E-state index in [-0.39, 0.29) is 47.5 Å². The van der Waals surface area contributed by atoms with Gasteiger partial charge in [0, 0.05) is 25.7 Å². The standard InChI is InChI=1S/C21H32O5/c1-11-8-15-12(2)10-24-21(4)7-5-6-14(23)9-16-18(17(15)20(21)26-16)19(11)25-13(3)22/h11-12,15-20H,5-10H2,1-4H3. The highest BCUT2D eigenvalue weighted by atomic mass is 16.6. The van der Waals surface area contributed by atoms with Crippen LogP contribution in [0, 0.1) is 29.6 Å². The van der Waals surface area contributed by atoms with Gasteiger partial charge in [-0.15, -0.1) is 0 Å². The summed E-state index contributed by atoms with van der Waals surface area (Å²) in [5.74, 6) is 1.65. The van der Waals surface area contributed by atoms with Crippen LogP contribution in [-0.4, -0.2) is 42.3 Å². The van der Waals surface area contributed by atoms with Gasteiger partial charge < -0.3 is 14.2 Å². The predicted octanol–water partition coefficient (Wildman–Crippen LogP) is 3.14. The Morgan fingerprint density at radius 3 is 2.73 bits per heavy atom. The number of hydrogen-bond donors (Lipinski definition) is 0. The minimum Gasteiger partial charge on any atom is -0.462 e. The molecule has 0 aromatic rings. The van der Waals surface area contributed by atoms with E-state index in [4.69, 9.17) is 14.2 Å². The summed E-state index contributed by atoms with van der Waals surface area (Å²) in [6, 6.07) is 0. The van der Waals surface area contributed by atoms with Gasteiger partial charge in [0.25, 0.3) is 0 Å². The lowest BCUT2D eigenvalue weighted by Gasteiger charge is -2.46. The van der Waals surface area contributed by atoms with Gasteiger partial charge in [-0.1, -0.05) is 13.8 Å². The molecule has 9 atom stereocenters. The third kappa shape index (κ3) is 2.91. The number of ketones is 1. The van der Waals surface area contributed by atoms with Crippen molar-refractivity contribution in [1.82, 2.24) is 0 Å². The van der Waals surface area contributed by atoms with E-state index in [1.165, 1.54) is 6.92 Å². The molecule has 5 heteroatoms. The van der Waals surface area contributed by atoms with Gasteiger partial charge in [0.1, 0.15) is 11.9 Å². The van der Waals surface area contributed by atoms with Gasteiger partial charge in [-0.2, -0.15) is 0 Å². The molecule has 3 heterocycles. The first-order valence-electron chi connectivity index (χ1n) is 10.3. The molecule has 3 saturated heterocycles. The summed E-state index contributed by atoms with van der Waals surface area (Å²) in [5, 5.41) is 0. The topological polar surface area (TPSA) is 61.8 Å². The Hall–Kier alpha value is -0.940. The van der Waals surface area contributed by atoms with Gasteiger partial charge >= 0.3 is 5.97 Å². The first kappa shape index (κ1) is 18.4. The maximum Gasteiger partial charge on any atom is 0.302 e. The van der Waals surface area contributed by atoms with Crippen LogP contribution in [0.4, 0.5) is 0 Å². The summed E-state index contributed by atoms with van der Waals surface area (Å²) in [6.07, 6.45) is 3.46. The van der Waals surface area contributed by atoms with E-state index in [2.05, 4.69) is 20.8 Å². The van der Waals surface area contributed by atoms with Crippen LogP contribution in [0.25, 0.3) is 0 Å². The average Bonchev–Trinajstić information content (AvgIpc) is 2.92. The van der Waals surface area contributed by atoms with Crippen molar-refractivity contribution < 1.29 is 23.8 Å². The van der Waals surface area contributed by atoms with Crippen molar-refractivity contribution in [2.75, 3.05) is 6.61 Å². The zero-order valence-corrected chi connectivity index (χ0v) is 16.4. The number of rotatable bonds is 1. The van der Waals surface area contributed by atoms with E-state index in [0.717, 1.165) is 25.9 Å². The quantitative estimate of drug-likeness (QED) is 0.669. The van der Waals surface area contributed by atoms with Crippen molar-refractivity contribution >= 4 is 11.8 Å². The minimum atomic E-state index is -0.355. The molecule has 0 spiro atoms. The molecule has 0 aromatic carbocycles. The largest absolute Gasteiger partial charge is 0.462 e. The lowest BCUT2D eigenvalue weighted by molar-refractivity contribution is -0.160. The molecule has 0 N–H and O–H groups in total.